The van der Waals surface area contributed by atoms with Crippen molar-refractivity contribution in [3.63, 3.8) is 0 Å². The monoisotopic (exact) mass is 397 g/mol. The van der Waals surface area contributed by atoms with Gasteiger partial charge in [0.2, 0.25) is 5.91 Å². The number of urea groups is 1. The van der Waals surface area contributed by atoms with Crippen LogP contribution in [-0.4, -0.2) is 35.8 Å². The zero-order chi connectivity index (χ0) is 19.7. The third-order valence-corrected chi connectivity index (χ3v) is 5.70. The van der Waals surface area contributed by atoms with E-state index in [2.05, 4.69) is 10.6 Å². The van der Waals surface area contributed by atoms with Crippen molar-refractivity contribution >= 4 is 40.2 Å². The molecule has 0 spiro atoms. The number of fused-ring (bicyclic) bond motifs is 1. The summed E-state index contributed by atoms with van der Waals surface area (Å²) >= 11 is 1.62. The molecule has 0 unspecified atom stereocenters. The smallest absolute Gasteiger partial charge is 0.325 e. The predicted molar refractivity (Wildman–Crippen MR) is 105 cm³/mol. The van der Waals surface area contributed by atoms with Gasteiger partial charge in [0.05, 0.1) is 0 Å². The van der Waals surface area contributed by atoms with E-state index in [4.69, 9.17) is 4.42 Å². The fraction of sp³-hybridized carbons (Fsp3) is 0.250. The number of thiophene rings is 1. The zero-order valence-corrected chi connectivity index (χ0v) is 16.0. The van der Waals surface area contributed by atoms with Gasteiger partial charge in [0.1, 0.15) is 17.9 Å². The minimum Gasteiger partial charge on any atom is -0.458 e. The van der Waals surface area contributed by atoms with E-state index in [1.165, 1.54) is 0 Å². The number of hydrogen-bond acceptors (Lipinski definition) is 5. The van der Waals surface area contributed by atoms with Gasteiger partial charge in [-0.2, -0.15) is 0 Å². The first-order valence-electron chi connectivity index (χ1n) is 8.89. The van der Waals surface area contributed by atoms with Gasteiger partial charge >= 0.3 is 6.03 Å². The van der Waals surface area contributed by atoms with Crippen LogP contribution < -0.4 is 10.6 Å². The maximum Gasteiger partial charge on any atom is 0.325 e. The molecule has 1 aliphatic rings. The molecule has 1 aliphatic heterocycles. The molecule has 0 bridgehead atoms. The van der Waals surface area contributed by atoms with Crippen molar-refractivity contribution < 1.29 is 18.8 Å². The van der Waals surface area contributed by atoms with E-state index < -0.39 is 17.5 Å². The van der Waals surface area contributed by atoms with Crippen LogP contribution in [0.1, 0.15) is 17.6 Å². The Labute approximate surface area is 165 Å². The number of para-hydroxylation sites is 1. The van der Waals surface area contributed by atoms with Crippen LogP contribution in [0.15, 0.2) is 52.3 Å². The van der Waals surface area contributed by atoms with Gasteiger partial charge in [-0.05, 0) is 36.9 Å². The molecule has 0 saturated carbocycles. The molecule has 144 valence electrons. The summed E-state index contributed by atoms with van der Waals surface area (Å²) in [6, 6.07) is 12.4. The number of carbonyl (C=O) groups excluding carboxylic acids is 3. The number of nitrogens with zero attached hydrogens (tertiary/aromatic N) is 1. The molecular formula is C20H19N3O4S. The van der Waals surface area contributed by atoms with E-state index >= 15 is 0 Å². The Morgan fingerprint density at radius 1 is 1.25 bits per heavy atom. The SMILES string of the molecule is C[C@]1(c2cc3ccccc3o2)NC(=O)N(CC(=O)NCCc2cccs2)C1=O. The van der Waals surface area contributed by atoms with Gasteiger partial charge in [-0.15, -0.1) is 11.3 Å². The molecule has 2 aromatic heterocycles. The summed E-state index contributed by atoms with van der Waals surface area (Å²) in [7, 11) is 0. The molecule has 4 amide bonds. The van der Waals surface area contributed by atoms with Gasteiger partial charge < -0.3 is 15.1 Å². The summed E-state index contributed by atoms with van der Waals surface area (Å²) in [6.45, 7) is 1.70. The Kier molecular flexibility index (Phi) is 4.64. The van der Waals surface area contributed by atoms with Crippen molar-refractivity contribution in [1.82, 2.24) is 15.5 Å². The predicted octanol–water partition coefficient (Wildman–Crippen LogP) is 2.62. The number of benzene rings is 1. The van der Waals surface area contributed by atoms with Crippen molar-refractivity contribution in [3.05, 3.63) is 58.5 Å². The number of amides is 4. The minimum atomic E-state index is -1.34. The molecule has 28 heavy (non-hydrogen) atoms. The van der Waals surface area contributed by atoms with E-state index in [1.807, 2.05) is 35.7 Å². The lowest BCUT2D eigenvalue weighted by Crippen LogP contribution is -2.43. The highest BCUT2D eigenvalue weighted by Crippen LogP contribution is 2.32. The lowest BCUT2D eigenvalue weighted by Gasteiger charge is -2.18. The second kappa shape index (κ2) is 7.12. The fourth-order valence-corrected chi connectivity index (χ4v) is 3.92. The molecule has 1 fully saturated rings. The van der Waals surface area contributed by atoms with Gasteiger partial charge in [-0.1, -0.05) is 24.3 Å². The molecule has 1 saturated heterocycles. The lowest BCUT2D eigenvalue weighted by molar-refractivity contribution is -0.135. The minimum absolute atomic E-state index is 0.328. The van der Waals surface area contributed by atoms with E-state index in [0.29, 0.717) is 24.3 Å². The topological polar surface area (TPSA) is 91.7 Å². The van der Waals surface area contributed by atoms with Crippen molar-refractivity contribution in [2.75, 3.05) is 13.1 Å². The van der Waals surface area contributed by atoms with Crippen LogP contribution in [0.2, 0.25) is 0 Å². The summed E-state index contributed by atoms with van der Waals surface area (Å²) in [6.07, 6.45) is 0.709. The van der Waals surface area contributed by atoms with Crippen LogP contribution in [0.5, 0.6) is 0 Å². The van der Waals surface area contributed by atoms with Gasteiger partial charge in [0.25, 0.3) is 5.91 Å². The molecular weight excluding hydrogens is 378 g/mol. The van der Waals surface area contributed by atoms with Crippen molar-refractivity contribution in [3.8, 4) is 0 Å². The first-order valence-corrected chi connectivity index (χ1v) is 9.77. The average Bonchev–Trinajstić information content (AvgIpc) is 3.38. The Balaban J connectivity index is 1.43. The van der Waals surface area contributed by atoms with Crippen LogP contribution >= 0.6 is 11.3 Å². The standard InChI is InChI=1S/C20H19N3O4S/c1-20(16-11-13-5-2-3-7-15(13)27-16)18(25)23(19(26)22-20)12-17(24)21-9-8-14-6-4-10-28-14/h2-7,10-11H,8-9,12H2,1H3,(H,21,24)(H,22,26)/t20-/m1/s1. The largest absolute Gasteiger partial charge is 0.458 e. The number of hydrogen-bond donors (Lipinski definition) is 2. The quantitative estimate of drug-likeness (QED) is 0.626. The van der Waals surface area contributed by atoms with Crippen molar-refractivity contribution in [2.45, 2.75) is 18.9 Å². The number of furan rings is 1. The van der Waals surface area contributed by atoms with Crippen LogP contribution in [0, 0.1) is 0 Å². The maximum atomic E-state index is 12.9. The van der Waals surface area contributed by atoms with Gasteiger partial charge in [0.15, 0.2) is 5.54 Å². The Morgan fingerprint density at radius 2 is 2.07 bits per heavy atom. The molecule has 8 heteroatoms. The molecule has 3 heterocycles. The maximum absolute atomic E-state index is 12.9. The molecule has 7 nitrogen and oxygen atoms in total. The average molecular weight is 397 g/mol. The zero-order valence-electron chi connectivity index (χ0n) is 15.2. The highest BCUT2D eigenvalue weighted by molar-refractivity contribution is 7.09. The normalized spacial score (nSPS) is 19.2. The third kappa shape index (κ3) is 3.27. The molecule has 3 aromatic rings. The molecule has 1 aromatic carbocycles. The first-order chi connectivity index (χ1) is 13.5. The van der Waals surface area contributed by atoms with Crippen molar-refractivity contribution in [1.29, 1.82) is 0 Å². The van der Waals surface area contributed by atoms with Crippen LogP contribution in [0.4, 0.5) is 4.79 Å². The number of nitrogens with one attached hydrogen (secondary N) is 2. The second-order valence-electron chi connectivity index (χ2n) is 6.77. The van der Waals surface area contributed by atoms with Crippen LogP contribution in [0.3, 0.4) is 0 Å². The second-order valence-corrected chi connectivity index (χ2v) is 7.81. The Morgan fingerprint density at radius 3 is 2.82 bits per heavy atom. The van der Waals surface area contributed by atoms with Gasteiger partial charge in [-0.3, -0.25) is 14.5 Å². The third-order valence-electron chi connectivity index (χ3n) is 4.77. The number of rotatable bonds is 6. The summed E-state index contributed by atoms with van der Waals surface area (Å²) in [5, 5.41) is 8.22. The number of carbonyl (C=O) groups is 3. The molecule has 0 radical (unpaired) electrons. The fourth-order valence-electron chi connectivity index (χ4n) is 3.22. The first kappa shape index (κ1) is 18.2. The Bertz CT molecular complexity index is 1010. The van der Waals surface area contributed by atoms with Crippen LogP contribution in [0.25, 0.3) is 11.0 Å². The summed E-state index contributed by atoms with van der Waals surface area (Å²) in [5.74, 6) is -0.550. The number of imide groups is 1. The van der Waals surface area contributed by atoms with E-state index in [9.17, 15) is 14.4 Å². The van der Waals surface area contributed by atoms with E-state index in [1.54, 1.807) is 30.4 Å². The van der Waals surface area contributed by atoms with E-state index in [0.717, 1.165) is 15.2 Å². The van der Waals surface area contributed by atoms with Crippen molar-refractivity contribution in [2.24, 2.45) is 0 Å². The summed E-state index contributed by atoms with van der Waals surface area (Å²) in [5.41, 5.74) is -0.710. The molecule has 0 aliphatic carbocycles. The Hall–Kier alpha value is -3.13. The highest BCUT2D eigenvalue weighted by Gasteiger charge is 2.51. The van der Waals surface area contributed by atoms with Crippen LogP contribution in [-0.2, 0) is 21.5 Å². The highest BCUT2D eigenvalue weighted by atomic mass is 32.1. The van der Waals surface area contributed by atoms with E-state index in [-0.39, 0.29) is 12.5 Å². The lowest BCUT2D eigenvalue weighted by atomic mass is 9.99. The summed E-state index contributed by atoms with van der Waals surface area (Å²) in [4.78, 5) is 39.6. The summed E-state index contributed by atoms with van der Waals surface area (Å²) < 4.78 is 5.77. The van der Waals surface area contributed by atoms with Gasteiger partial charge in [-0.25, -0.2) is 4.79 Å². The molecule has 4 rings (SSSR count). The van der Waals surface area contributed by atoms with Gasteiger partial charge in [0, 0.05) is 16.8 Å². The molecule has 1 atom stereocenters. The molecule has 2 N–H and O–H groups in total.